The van der Waals surface area contributed by atoms with E-state index in [1.54, 1.807) is 6.07 Å². The third-order valence-corrected chi connectivity index (χ3v) is 2.96. The molecule has 0 atom stereocenters. The minimum absolute atomic E-state index is 0.0734. The summed E-state index contributed by atoms with van der Waals surface area (Å²) in [5.41, 5.74) is 7.05. The Morgan fingerprint density at radius 1 is 1.17 bits per heavy atom. The van der Waals surface area contributed by atoms with Crippen molar-refractivity contribution in [3.05, 3.63) is 41.0 Å². The van der Waals surface area contributed by atoms with Gasteiger partial charge in [-0.15, -0.1) is 6.42 Å². The Hall–Kier alpha value is -2.08. The van der Waals surface area contributed by atoms with Crippen LogP contribution in [-0.4, -0.2) is 0 Å². The Kier molecular flexibility index (Phi) is 2.96. The molecule has 3 heteroatoms. The van der Waals surface area contributed by atoms with Crippen molar-refractivity contribution in [1.82, 2.24) is 0 Å². The largest absolute Gasteiger partial charge is 0.399 e. The monoisotopic (exact) mass is 245 g/mol. The van der Waals surface area contributed by atoms with E-state index in [0.29, 0.717) is 11.1 Å². The first-order valence-electron chi connectivity index (χ1n) is 5.63. The molecule has 1 nitrogen and oxygen atoms in total. The number of hydrogen-bond donors (Lipinski definition) is 1. The molecule has 0 radical (unpaired) electrons. The van der Waals surface area contributed by atoms with Crippen LogP contribution in [0, 0.1) is 24.0 Å². The highest BCUT2D eigenvalue weighted by Crippen LogP contribution is 2.33. The van der Waals surface area contributed by atoms with Gasteiger partial charge in [0.1, 0.15) is 11.6 Å². The number of nitrogen functional groups attached to an aromatic ring is 1. The molecular weight excluding hydrogens is 232 g/mol. The summed E-state index contributed by atoms with van der Waals surface area (Å²) in [7, 11) is 0. The van der Waals surface area contributed by atoms with Crippen LogP contribution in [-0.2, 0) is 0 Å². The normalized spacial score (nSPS) is 10.9. The molecule has 0 spiro atoms. The highest BCUT2D eigenvalue weighted by molar-refractivity contribution is 5.94. The third-order valence-electron chi connectivity index (χ3n) is 2.96. The predicted molar refractivity (Wildman–Crippen MR) is 70.3 cm³/mol. The van der Waals surface area contributed by atoms with Gasteiger partial charge < -0.3 is 5.73 Å². The zero-order valence-corrected chi connectivity index (χ0v) is 10.2. The van der Waals surface area contributed by atoms with E-state index in [1.165, 1.54) is 6.07 Å². The van der Waals surface area contributed by atoms with E-state index in [9.17, 15) is 8.78 Å². The Morgan fingerprint density at radius 2 is 1.83 bits per heavy atom. The van der Waals surface area contributed by atoms with E-state index in [-0.39, 0.29) is 16.9 Å². The Bertz CT molecular complexity index is 666. The fourth-order valence-corrected chi connectivity index (χ4v) is 2.13. The number of benzene rings is 2. The lowest BCUT2D eigenvalue weighted by atomic mass is 9.91. The number of nitrogens with two attached hydrogens (primary N) is 1. The van der Waals surface area contributed by atoms with Crippen LogP contribution < -0.4 is 5.73 Å². The van der Waals surface area contributed by atoms with Gasteiger partial charge in [-0.3, -0.25) is 0 Å². The van der Waals surface area contributed by atoms with Crippen molar-refractivity contribution in [2.75, 3.05) is 5.73 Å². The van der Waals surface area contributed by atoms with E-state index < -0.39 is 11.6 Å². The second-order valence-corrected chi connectivity index (χ2v) is 4.55. The van der Waals surface area contributed by atoms with Crippen molar-refractivity contribution in [3.63, 3.8) is 0 Å². The first-order valence-corrected chi connectivity index (χ1v) is 5.63. The minimum Gasteiger partial charge on any atom is -0.399 e. The lowest BCUT2D eigenvalue weighted by Crippen LogP contribution is -1.99. The second-order valence-electron chi connectivity index (χ2n) is 4.55. The number of anilines is 1. The van der Waals surface area contributed by atoms with Crippen LogP contribution in [0.2, 0.25) is 0 Å². The van der Waals surface area contributed by atoms with Crippen molar-refractivity contribution in [2.45, 2.75) is 19.8 Å². The highest BCUT2D eigenvalue weighted by atomic mass is 19.1. The van der Waals surface area contributed by atoms with Crippen molar-refractivity contribution in [3.8, 4) is 12.3 Å². The van der Waals surface area contributed by atoms with Crippen LogP contribution in [0.5, 0.6) is 0 Å². The fourth-order valence-electron chi connectivity index (χ4n) is 2.13. The van der Waals surface area contributed by atoms with E-state index in [2.05, 4.69) is 5.92 Å². The third kappa shape index (κ3) is 1.80. The summed E-state index contributed by atoms with van der Waals surface area (Å²) in [6.45, 7) is 3.86. The van der Waals surface area contributed by atoms with Crippen LogP contribution in [0.3, 0.4) is 0 Å². The van der Waals surface area contributed by atoms with Gasteiger partial charge in [-0.25, -0.2) is 8.78 Å². The summed E-state index contributed by atoms with van der Waals surface area (Å²) in [5, 5.41) is 0.715. The van der Waals surface area contributed by atoms with E-state index in [1.807, 2.05) is 13.8 Å². The van der Waals surface area contributed by atoms with Gasteiger partial charge in [0.25, 0.3) is 0 Å². The number of rotatable bonds is 1. The van der Waals surface area contributed by atoms with Crippen LogP contribution in [0.15, 0.2) is 18.2 Å². The average Bonchev–Trinajstić information content (AvgIpc) is 2.29. The second kappa shape index (κ2) is 4.30. The van der Waals surface area contributed by atoms with Gasteiger partial charge in [-0.1, -0.05) is 19.8 Å². The topological polar surface area (TPSA) is 26.0 Å². The number of terminal acetylenes is 1. The van der Waals surface area contributed by atoms with Gasteiger partial charge in [-0.2, -0.15) is 0 Å². The van der Waals surface area contributed by atoms with Gasteiger partial charge >= 0.3 is 0 Å². The fraction of sp³-hybridized carbons (Fsp3) is 0.200. The van der Waals surface area contributed by atoms with E-state index >= 15 is 0 Å². The zero-order valence-electron chi connectivity index (χ0n) is 10.2. The molecular formula is C15H13F2N. The summed E-state index contributed by atoms with van der Waals surface area (Å²) >= 11 is 0. The Balaban J connectivity index is 3.06. The molecule has 0 saturated carbocycles. The molecule has 0 aromatic heterocycles. The maximum Gasteiger partial charge on any atom is 0.142 e. The molecule has 2 aromatic rings. The van der Waals surface area contributed by atoms with Gasteiger partial charge in [0.05, 0.1) is 5.56 Å². The lowest BCUT2D eigenvalue weighted by Gasteiger charge is -2.14. The summed E-state index contributed by atoms with van der Waals surface area (Å²) < 4.78 is 27.5. The standard InChI is InChI=1S/C15H13F2N/c1-4-10-13(16)7-14(17)12-6-9(18)5-11(8(2)3)15(10)12/h1,5-8H,18H2,2-3H3. The first-order chi connectivity index (χ1) is 8.45. The molecule has 18 heavy (non-hydrogen) atoms. The molecule has 0 aliphatic carbocycles. The van der Waals surface area contributed by atoms with Crippen molar-refractivity contribution < 1.29 is 8.78 Å². The minimum atomic E-state index is -0.714. The first kappa shape index (κ1) is 12.4. The van der Waals surface area contributed by atoms with E-state index in [0.717, 1.165) is 11.6 Å². The molecule has 0 unspecified atom stereocenters. The quantitative estimate of drug-likeness (QED) is 0.600. The molecule has 2 N–H and O–H groups in total. The summed E-state index contributed by atoms with van der Waals surface area (Å²) in [6, 6.07) is 4.00. The smallest absolute Gasteiger partial charge is 0.142 e. The van der Waals surface area contributed by atoms with Crippen LogP contribution >= 0.6 is 0 Å². The molecule has 0 saturated heterocycles. The van der Waals surface area contributed by atoms with Crippen LogP contribution in [0.1, 0.15) is 30.9 Å². The SMILES string of the molecule is C#Cc1c(F)cc(F)c2cc(N)cc(C(C)C)c12. The molecule has 0 heterocycles. The van der Waals surface area contributed by atoms with E-state index in [4.69, 9.17) is 12.2 Å². The number of halogens is 2. The van der Waals surface area contributed by atoms with Crippen molar-refractivity contribution in [2.24, 2.45) is 0 Å². The maximum absolute atomic E-state index is 13.8. The van der Waals surface area contributed by atoms with Gasteiger partial charge in [-0.05, 0) is 23.6 Å². The molecule has 0 aliphatic rings. The lowest BCUT2D eigenvalue weighted by molar-refractivity contribution is 0.589. The molecule has 0 amide bonds. The molecule has 0 bridgehead atoms. The molecule has 2 rings (SSSR count). The van der Waals surface area contributed by atoms with Crippen LogP contribution in [0.25, 0.3) is 10.8 Å². The Labute approximate surface area is 105 Å². The zero-order chi connectivity index (χ0) is 13.4. The van der Waals surface area contributed by atoms with Gasteiger partial charge in [0.2, 0.25) is 0 Å². The summed E-state index contributed by atoms with van der Waals surface area (Å²) in [5.74, 6) is 1.01. The summed E-state index contributed by atoms with van der Waals surface area (Å²) in [6.07, 6.45) is 5.33. The molecule has 92 valence electrons. The predicted octanol–water partition coefficient (Wildman–Crippen LogP) is 3.80. The summed E-state index contributed by atoms with van der Waals surface area (Å²) in [4.78, 5) is 0. The molecule has 2 aromatic carbocycles. The van der Waals surface area contributed by atoms with Gasteiger partial charge in [0, 0.05) is 22.5 Å². The van der Waals surface area contributed by atoms with Gasteiger partial charge in [0.15, 0.2) is 0 Å². The Morgan fingerprint density at radius 3 is 2.39 bits per heavy atom. The van der Waals surface area contributed by atoms with Crippen molar-refractivity contribution >= 4 is 16.5 Å². The molecule has 0 fully saturated rings. The average molecular weight is 245 g/mol. The molecule has 0 aliphatic heterocycles. The van der Waals surface area contributed by atoms with Crippen molar-refractivity contribution in [1.29, 1.82) is 0 Å². The highest BCUT2D eigenvalue weighted by Gasteiger charge is 2.16. The number of hydrogen-bond acceptors (Lipinski definition) is 1. The maximum atomic E-state index is 13.8. The van der Waals surface area contributed by atoms with Crippen LogP contribution in [0.4, 0.5) is 14.5 Å². The number of fused-ring (bicyclic) bond motifs is 1.